The predicted molar refractivity (Wildman–Crippen MR) is 104 cm³/mol. The third kappa shape index (κ3) is 2.89. The number of hydrogen-bond acceptors (Lipinski definition) is 4. The van der Waals surface area contributed by atoms with Crippen LogP contribution in [0.25, 0.3) is 11.0 Å². The quantitative estimate of drug-likeness (QED) is 0.730. The van der Waals surface area contributed by atoms with Gasteiger partial charge in [0.25, 0.3) is 5.56 Å². The summed E-state index contributed by atoms with van der Waals surface area (Å²) in [4.78, 5) is 29.3. The highest BCUT2D eigenvalue weighted by molar-refractivity contribution is 9.10. The Hall–Kier alpha value is -2.41. The predicted octanol–water partition coefficient (Wildman–Crippen LogP) is 3.01. The molecular weight excluding hydrogens is 384 g/mol. The van der Waals surface area contributed by atoms with Gasteiger partial charge in [0.05, 0.1) is 5.69 Å². The molecule has 2 aromatic heterocycles. The van der Waals surface area contributed by atoms with Crippen LogP contribution in [-0.4, -0.2) is 14.1 Å². The van der Waals surface area contributed by atoms with Gasteiger partial charge in [-0.15, -0.1) is 0 Å². The number of pyridine rings is 1. The average molecular weight is 403 g/mol. The Morgan fingerprint density at radius 2 is 1.92 bits per heavy atom. The molecule has 0 aliphatic heterocycles. The molecule has 0 unspecified atom stereocenters. The van der Waals surface area contributed by atoms with Crippen LogP contribution in [0.15, 0.2) is 38.5 Å². The van der Waals surface area contributed by atoms with Gasteiger partial charge in [-0.2, -0.15) is 0 Å². The standard InChI is InChI=1S/C18H19BrN4O2/c1-5-11-9-20-16-14(17(24)23(4)18(25)22(16)3)15(11)21-13-7-6-12(19)8-10(13)2/h6-9H,5H2,1-4H3,(H,20,21). The lowest BCUT2D eigenvalue weighted by molar-refractivity contribution is 0.707. The number of benzene rings is 1. The molecule has 0 spiro atoms. The molecule has 0 amide bonds. The van der Waals surface area contributed by atoms with E-state index in [0.29, 0.717) is 23.1 Å². The Kier molecular flexibility index (Phi) is 4.51. The first-order valence-electron chi connectivity index (χ1n) is 7.96. The number of rotatable bonds is 3. The van der Waals surface area contributed by atoms with Gasteiger partial charge in [-0.25, -0.2) is 9.78 Å². The zero-order chi connectivity index (χ0) is 18.3. The molecule has 1 aromatic carbocycles. The lowest BCUT2D eigenvalue weighted by Gasteiger charge is -2.17. The molecule has 0 atom stereocenters. The molecule has 25 heavy (non-hydrogen) atoms. The van der Waals surface area contributed by atoms with E-state index < -0.39 is 0 Å². The van der Waals surface area contributed by atoms with E-state index in [9.17, 15) is 9.59 Å². The normalized spacial score (nSPS) is 11.1. The summed E-state index contributed by atoms with van der Waals surface area (Å²) >= 11 is 3.46. The van der Waals surface area contributed by atoms with Gasteiger partial charge >= 0.3 is 5.69 Å². The maximum Gasteiger partial charge on any atom is 0.332 e. The second-order valence-corrected chi connectivity index (χ2v) is 6.92. The Balaban J connectivity index is 2.36. The molecule has 3 rings (SSSR count). The zero-order valence-corrected chi connectivity index (χ0v) is 16.1. The fraction of sp³-hybridized carbons (Fsp3) is 0.278. The molecule has 0 bridgehead atoms. The number of anilines is 2. The van der Waals surface area contributed by atoms with E-state index in [1.807, 2.05) is 32.0 Å². The summed E-state index contributed by atoms with van der Waals surface area (Å²) in [5, 5.41) is 3.81. The highest BCUT2D eigenvalue weighted by Crippen LogP contribution is 2.29. The van der Waals surface area contributed by atoms with Crippen molar-refractivity contribution >= 4 is 38.3 Å². The summed E-state index contributed by atoms with van der Waals surface area (Å²) in [6.45, 7) is 4.00. The van der Waals surface area contributed by atoms with Gasteiger partial charge in [-0.3, -0.25) is 13.9 Å². The highest BCUT2D eigenvalue weighted by atomic mass is 79.9. The van der Waals surface area contributed by atoms with E-state index in [1.165, 1.54) is 11.6 Å². The van der Waals surface area contributed by atoms with E-state index in [2.05, 4.69) is 26.2 Å². The number of nitrogens with one attached hydrogen (secondary N) is 1. The van der Waals surface area contributed by atoms with Crippen molar-refractivity contribution in [1.29, 1.82) is 0 Å². The minimum Gasteiger partial charge on any atom is -0.354 e. The van der Waals surface area contributed by atoms with Gasteiger partial charge in [0.1, 0.15) is 5.39 Å². The fourth-order valence-electron chi connectivity index (χ4n) is 2.88. The topological polar surface area (TPSA) is 68.9 Å². The monoisotopic (exact) mass is 402 g/mol. The van der Waals surface area contributed by atoms with Crippen LogP contribution in [-0.2, 0) is 20.5 Å². The van der Waals surface area contributed by atoms with Gasteiger partial charge in [0.15, 0.2) is 5.65 Å². The van der Waals surface area contributed by atoms with E-state index in [1.54, 1.807) is 13.2 Å². The Bertz CT molecular complexity index is 1100. The molecule has 0 radical (unpaired) electrons. The third-order valence-corrected chi connectivity index (χ3v) is 4.87. The number of fused-ring (bicyclic) bond motifs is 1. The largest absolute Gasteiger partial charge is 0.354 e. The molecule has 0 aliphatic carbocycles. The van der Waals surface area contributed by atoms with Gasteiger partial charge in [0, 0.05) is 30.5 Å². The molecule has 1 N–H and O–H groups in total. The molecule has 0 saturated carbocycles. The maximum atomic E-state index is 12.8. The van der Waals surface area contributed by atoms with E-state index in [-0.39, 0.29) is 11.2 Å². The third-order valence-electron chi connectivity index (χ3n) is 4.38. The Morgan fingerprint density at radius 1 is 1.20 bits per heavy atom. The van der Waals surface area contributed by atoms with Crippen LogP contribution in [0.5, 0.6) is 0 Å². The molecule has 6 nitrogen and oxygen atoms in total. The van der Waals surface area contributed by atoms with Crippen LogP contribution in [0.2, 0.25) is 0 Å². The number of halogens is 1. The van der Waals surface area contributed by atoms with Crippen LogP contribution in [0.4, 0.5) is 11.4 Å². The first-order chi connectivity index (χ1) is 11.8. The summed E-state index contributed by atoms with van der Waals surface area (Å²) in [5.74, 6) is 0. The van der Waals surface area contributed by atoms with Crippen molar-refractivity contribution in [3.8, 4) is 0 Å². The van der Waals surface area contributed by atoms with Crippen molar-refractivity contribution < 1.29 is 0 Å². The lowest BCUT2D eigenvalue weighted by atomic mass is 10.1. The van der Waals surface area contributed by atoms with Crippen LogP contribution in [0.1, 0.15) is 18.1 Å². The summed E-state index contributed by atoms with van der Waals surface area (Å²) < 4.78 is 3.50. The molecule has 7 heteroatoms. The first-order valence-corrected chi connectivity index (χ1v) is 8.75. The number of hydrogen-bond donors (Lipinski definition) is 1. The molecule has 0 saturated heterocycles. The summed E-state index contributed by atoms with van der Waals surface area (Å²) in [5.41, 5.74) is 3.21. The summed E-state index contributed by atoms with van der Waals surface area (Å²) in [6.07, 6.45) is 2.44. The minimum absolute atomic E-state index is 0.349. The molecule has 130 valence electrons. The first kappa shape index (κ1) is 17.4. The van der Waals surface area contributed by atoms with E-state index >= 15 is 0 Å². The molecule has 0 aliphatic rings. The number of aromatic nitrogens is 3. The Morgan fingerprint density at radius 3 is 2.56 bits per heavy atom. The number of aryl methyl sites for hydroxylation is 3. The van der Waals surface area contributed by atoms with Crippen molar-refractivity contribution in [3.63, 3.8) is 0 Å². The summed E-state index contributed by atoms with van der Waals surface area (Å²) in [7, 11) is 3.11. The van der Waals surface area contributed by atoms with Crippen LogP contribution in [0.3, 0.4) is 0 Å². The summed E-state index contributed by atoms with van der Waals surface area (Å²) in [6, 6.07) is 5.90. The van der Waals surface area contributed by atoms with Crippen molar-refractivity contribution in [2.45, 2.75) is 20.3 Å². The van der Waals surface area contributed by atoms with Crippen molar-refractivity contribution in [2.75, 3.05) is 5.32 Å². The minimum atomic E-state index is -0.389. The van der Waals surface area contributed by atoms with Crippen LogP contribution < -0.4 is 16.6 Å². The maximum absolute atomic E-state index is 12.8. The van der Waals surface area contributed by atoms with E-state index in [4.69, 9.17) is 0 Å². The fourth-order valence-corrected chi connectivity index (χ4v) is 3.36. The zero-order valence-electron chi connectivity index (χ0n) is 14.6. The van der Waals surface area contributed by atoms with Crippen LogP contribution >= 0.6 is 15.9 Å². The second kappa shape index (κ2) is 6.48. The average Bonchev–Trinajstić information content (AvgIpc) is 2.59. The van der Waals surface area contributed by atoms with Gasteiger partial charge in [-0.1, -0.05) is 22.9 Å². The van der Waals surface area contributed by atoms with Crippen molar-refractivity contribution in [1.82, 2.24) is 14.1 Å². The lowest BCUT2D eigenvalue weighted by Crippen LogP contribution is -2.37. The molecule has 0 fully saturated rings. The Labute approximate surface area is 153 Å². The number of nitrogens with zero attached hydrogens (tertiary/aromatic N) is 3. The van der Waals surface area contributed by atoms with Gasteiger partial charge in [0.2, 0.25) is 0 Å². The van der Waals surface area contributed by atoms with Gasteiger partial charge in [-0.05, 0) is 42.7 Å². The van der Waals surface area contributed by atoms with Crippen LogP contribution in [0, 0.1) is 6.92 Å². The van der Waals surface area contributed by atoms with Gasteiger partial charge < -0.3 is 5.32 Å². The van der Waals surface area contributed by atoms with Crippen molar-refractivity contribution in [3.05, 3.63) is 60.8 Å². The highest BCUT2D eigenvalue weighted by Gasteiger charge is 2.17. The van der Waals surface area contributed by atoms with Crippen molar-refractivity contribution in [2.24, 2.45) is 14.1 Å². The van der Waals surface area contributed by atoms with E-state index in [0.717, 1.165) is 25.9 Å². The smallest absolute Gasteiger partial charge is 0.332 e. The SMILES string of the molecule is CCc1cnc2c(c1Nc1ccc(Br)cc1C)c(=O)n(C)c(=O)n2C. The molecule has 3 aromatic rings. The second-order valence-electron chi connectivity index (χ2n) is 6.00. The molecule has 2 heterocycles. The molecular formula is C18H19BrN4O2.